The monoisotopic (exact) mass is 108 g/mol. The van der Waals surface area contributed by atoms with Crippen LogP contribution < -0.4 is 0 Å². The molecule has 42 valence electrons. The normalized spacial score (nSPS) is 16.8. The standard InChI is InChI=1S/C6H8N2/c1-2-8-5-3-4-7-6-8/h2-4,6H,1,5H2. The van der Waals surface area contributed by atoms with E-state index >= 15 is 0 Å². The van der Waals surface area contributed by atoms with E-state index in [2.05, 4.69) is 11.6 Å². The van der Waals surface area contributed by atoms with Crippen molar-refractivity contribution in [1.82, 2.24) is 4.90 Å². The summed E-state index contributed by atoms with van der Waals surface area (Å²) in [7, 11) is 0. The molecule has 0 amide bonds. The van der Waals surface area contributed by atoms with Gasteiger partial charge in [0, 0.05) is 12.7 Å². The minimum atomic E-state index is 0.896. The molecule has 2 nitrogen and oxygen atoms in total. The second kappa shape index (κ2) is 2.31. The molecule has 0 unspecified atom stereocenters. The molecule has 1 aliphatic rings. The van der Waals surface area contributed by atoms with E-state index in [1.165, 1.54) is 0 Å². The lowest BCUT2D eigenvalue weighted by Gasteiger charge is -2.11. The molecule has 0 fully saturated rings. The van der Waals surface area contributed by atoms with Crippen molar-refractivity contribution in [2.45, 2.75) is 0 Å². The van der Waals surface area contributed by atoms with E-state index in [1.807, 2.05) is 11.0 Å². The first-order chi connectivity index (χ1) is 3.93. The van der Waals surface area contributed by atoms with Gasteiger partial charge < -0.3 is 4.90 Å². The highest BCUT2D eigenvalue weighted by atomic mass is 15.1. The van der Waals surface area contributed by atoms with E-state index in [9.17, 15) is 0 Å². The summed E-state index contributed by atoms with van der Waals surface area (Å²) in [6.45, 7) is 4.48. The van der Waals surface area contributed by atoms with Crippen molar-refractivity contribution < 1.29 is 0 Å². The summed E-state index contributed by atoms with van der Waals surface area (Å²) in [5, 5.41) is 0. The van der Waals surface area contributed by atoms with Crippen molar-refractivity contribution in [3.63, 3.8) is 0 Å². The van der Waals surface area contributed by atoms with Gasteiger partial charge in [-0.15, -0.1) is 0 Å². The Morgan fingerprint density at radius 2 is 2.62 bits per heavy atom. The Morgan fingerprint density at radius 1 is 1.75 bits per heavy atom. The molecule has 1 aliphatic heterocycles. The van der Waals surface area contributed by atoms with Gasteiger partial charge in [-0.2, -0.15) is 0 Å². The third kappa shape index (κ3) is 0.964. The Kier molecular flexibility index (Phi) is 1.47. The Bertz CT molecular complexity index is 135. The largest absolute Gasteiger partial charge is 0.336 e. The number of aliphatic imine (C=N–C) groups is 1. The van der Waals surface area contributed by atoms with E-state index < -0.39 is 0 Å². The topological polar surface area (TPSA) is 15.6 Å². The first kappa shape index (κ1) is 5.09. The molecule has 1 heterocycles. The Morgan fingerprint density at radius 3 is 3.00 bits per heavy atom. The highest BCUT2D eigenvalue weighted by Gasteiger charge is 1.90. The lowest BCUT2D eigenvalue weighted by atomic mass is 10.5. The molecule has 0 aromatic carbocycles. The van der Waals surface area contributed by atoms with Gasteiger partial charge in [0.2, 0.25) is 0 Å². The average molecular weight is 108 g/mol. The molecular formula is C6H8N2. The zero-order valence-electron chi connectivity index (χ0n) is 4.62. The first-order valence-corrected chi connectivity index (χ1v) is 2.50. The fourth-order valence-corrected chi connectivity index (χ4v) is 0.523. The molecule has 0 spiro atoms. The molecule has 0 bridgehead atoms. The van der Waals surface area contributed by atoms with E-state index in [1.54, 1.807) is 18.7 Å². The molecule has 0 saturated heterocycles. The number of hydrogen-bond acceptors (Lipinski definition) is 2. The number of rotatable bonds is 1. The molecule has 0 N–H and O–H groups in total. The van der Waals surface area contributed by atoms with Crippen LogP contribution in [0.2, 0.25) is 0 Å². The third-order valence-corrected chi connectivity index (χ3v) is 0.957. The minimum absolute atomic E-state index is 0.896. The van der Waals surface area contributed by atoms with Gasteiger partial charge in [-0.1, -0.05) is 6.58 Å². The van der Waals surface area contributed by atoms with Gasteiger partial charge in [-0.3, -0.25) is 0 Å². The van der Waals surface area contributed by atoms with Crippen LogP contribution in [0.15, 0.2) is 30.0 Å². The third-order valence-electron chi connectivity index (χ3n) is 0.957. The maximum Gasteiger partial charge on any atom is 0.0947 e. The zero-order valence-corrected chi connectivity index (χ0v) is 4.62. The van der Waals surface area contributed by atoms with Crippen molar-refractivity contribution >= 4 is 6.34 Å². The van der Waals surface area contributed by atoms with Crippen molar-refractivity contribution in [2.24, 2.45) is 4.99 Å². The maximum absolute atomic E-state index is 3.88. The summed E-state index contributed by atoms with van der Waals surface area (Å²) in [6, 6.07) is 0. The van der Waals surface area contributed by atoms with Crippen molar-refractivity contribution in [3.05, 3.63) is 25.1 Å². The zero-order chi connectivity index (χ0) is 5.82. The van der Waals surface area contributed by atoms with Crippen LogP contribution in [0.4, 0.5) is 0 Å². The summed E-state index contributed by atoms with van der Waals surface area (Å²) in [5.41, 5.74) is 0. The van der Waals surface area contributed by atoms with Crippen LogP contribution in [0.3, 0.4) is 0 Å². The van der Waals surface area contributed by atoms with E-state index in [4.69, 9.17) is 0 Å². The predicted molar refractivity (Wildman–Crippen MR) is 34.5 cm³/mol. The van der Waals surface area contributed by atoms with Gasteiger partial charge in [-0.25, -0.2) is 4.99 Å². The fourth-order valence-electron chi connectivity index (χ4n) is 0.523. The van der Waals surface area contributed by atoms with Crippen LogP contribution in [0, 0.1) is 0 Å². The Balaban J connectivity index is 2.51. The molecule has 8 heavy (non-hydrogen) atoms. The van der Waals surface area contributed by atoms with Crippen LogP contribution in [0.1, 0.15) is 0 Å². The first-order valence-electron chi connectivity index (χ1n) is 2.50. The summed E-state index contributed by atoms with van der Waals surface area (Å²) in [5.74, 6) is 0. The summed E-state index contributed by atoms with van der Waals surface area (Å²) in [4.78, 5) is 5.78. The molecule has 1 rings (SSSR count). The Hall–Kier alpha value is -1.05. The molecule has 0 saturated carbocycles. The molecule has 0 aliphatic carbocycles. The molecule has 0 atom stereocenters. The predicted octanol–water partition coefficient (Wildman–Crippen LogP) is 0.988. The van der Waals surface area contributed by atoms with Gasteiger partial charge >= 0.3 is 0 Å². The number of hydrogen-bond donors (Lipinski definition) is 0. The highest BCUT2D eigenvalue weighted by Crippen LogP contribution is 1.90. The molecular weight excluding hydrogens is 100 g/mol. The van der Waals surface area contributed by atoms with Crippen molar-refractivity contribution in [3.8, 4) is 0 Å². The second-order valence-electron chi connectivity index (χ2n) is 1.53. The number of nitrogens with zero attached hydrogens (tertiary/aromatic N) is 2. The smallest absolute Gasteiger partial charge is 0.0947 e. The average Bonchev–Trinajstić information content (AvgIpc) is 1.90. The molecule has 2 heteroatoms. The van der Waals surface area contributed by atoms with Gasteiger partial charge in [0.1, 0.15) is 0 Å². The van der Waals surface area contributed by atoms with Gasteiger partial charge in [-0.05, 0) is 12.3 Å². The highest BCUT2D eigenvalue weighted by molar-refractivity contribution is 5.58. The summed E-state index contributed by atoms with van der Waals surface area (Å²) in [6.07, 6.45) is 7.24. The minimum Gasteiger partial charge on any atom is -0.336 e. The lowest BCUT2D eigenvalue weighted by molar-refractivity contribution is 0.635. The lowest BCUT2D eigenvalue weighted by Crippen LogP contribution is -2.15. The quantitative estimate of drug-likeness (QED) is 0.489. The van der Waals surface area contributed by atoms with Crippen LogP contribution in [0.5, 0.6) is 0 Å². The van der Waals surface area contributed by atoms with Crippen LogP contribution >= 0.6 is 0 Å². The van der Waals surface area contributed by atoms with Crippen molar-refractivity contribution in [1.29, 1.82) is 0 Å². The van der Waals surface area contributed by atoms with E-state index in [0.717, 1.165) is 6.54 Å². The molecule has 0 radical (unpaired) electrons. The van der Waals surface area contributed by atoms with E-state index in [0.29, 0.717) is 0 Å². The fraction of sp³-hybridized carbons (Fsp3) is 0.167. The summed E-state index contributed by atoms with van der Waals surface area (Å²) >= 11 is 0. The Labute approximate surface area is 48.8 Å². The van der Waals surface area contributed by atoms with Crippen LogP contribution in [-0.2, 0) is 0 Å². The molecule has 0 aromatic heterocycles. The summed E-state index contributed by atoms with van der Waals surface area (Å²) < 4.78 is 0. The maximum atomic E-state index is 3.88. The van der Waals surface area contributed by atoms with Gasteiger partial charge in [0.25, 0.3) is 0 Å². The SMILES string of the molecule is C=CN1C=NC=CC1. The van der Waals surface area contributed by atoms with Gasteiger partial charge in [0.15, 0.2) is 0 Å². The van der Waals surface area contributed by atoms with Gasteiger partial charge in [0.05, 0.1) is 6.34 Å². The molecule has 0 aromatic rings. The van der Waals surface area contributed by atoms with Crippen molar-refractivity contribution in [2.75, 3.05) is 6.54 Å². The van der Waals surface area contributed by atoms with Crippen LogP contribution in [0.25, 0.3) is 0 Å². The van der Waals surface area contributed by atoms with E-state index in [-0.39, 0.29) is 0 Å². The second-order valence-corrected chi connectivity index (χ2v) is 1.53. The van der Waals surface area contributed by atoms with Crippen LogP contribution in [-0.4, -0.2) is 17.8 Å².